The summed E-state index contributed by atoms with van der Waals surface area (Å²) in [6, 6.07) is 6.28. The molecule has 1 aromatic carbocycles. The van der Waals surface area contributed by atoms with Gasteiger partial charge in [-0.25, -0.2) is 4.39 Å². The SMILES string of the molecule is ON(C(=S)NC1CC1)c1ccccc1F. The van der Waals surface area contributed by atoms with Crippen LogP contribution in [0.4, 0.5) is 10.1 Å². The number of rotatable bonds is 2. The summed E-state index contributed by atoms with van der Waals surface area (Å²) >= 11 is 4.93. The molecule has 0 amide bonds. The fourth-order valence-corrected chi connectivity index (χ4v) is 1.46. The van der Waals surface area contributed by atoms with Gasteiger partial charge in [0.1, 0.15) is 11.5 Å². The summed E-state index contributed by atoms with van der Waals surface area (Å²) in [7, 11) is 0. The van der Waals surface area contributed by atoms with Crippen molar-refractivity contribution in [2.45, 2.75) is 18.9 Å². The maximum atomic E-state index is 13.3. The minimum Gasteiger partial charge on any atom is -0.358 e. The summed E-state index contributed by atoms with van der Waals surface area (Å²) in [6.07, 6.45) is 2.09. The molecule has 0 radical (unpaired) electrons. The molecule has 0 aromatic heterocycles. The normalized spacial score (nSPS) is 14.8. The lowest BCUT2D eigenvalue weighted by Crippen LogP contribution is -2.39. The summed E-state index contributed by atoms with van der Waals surface area (Å²) in [5, 5.41) is 13.4. The number of thiocarbonyl (C=S) groups is 1. The van der Waals surface area contributed by atoms with Crippen LogP contribution in [0.3, 0.4) is 0 Å². The van der Waals surface area contributed by atoms with Crippen LogP contribution in [0, 0.1) is 5.82 Å². The Morgan fingerprint density at radius 3 is 2.73 bits per heavy atom. The van der Waals surface area contributed by atoms with E-state index in [1.54, 1.807) is 12.1 Å². The molecule has 0 aliphatic heterocycles. The van der Waals surface area contributed by atoms with Crippen LogP contribution in [0.5, 0.6) is 0 Å². The van der Waals surface area contributed by atoms with E-state index in [4.69, 9.17) is 12.2 Å². The van der Waals surface area contributed by atoms with Crippen molar-refractivity contribution in [2.75, 3.05) is 5.06 Å². The zero-order valence-electron chi connectivity index (χ0n) is 7.98. The molecule has 5 heteroatoms. The Kier molecular flexibility index (Phi) is 2.83. The van der Waals surface area contributed by atoms with Crippen molar-refractivity contribution in [1.82, 2.24) is 5.32 Å². The predicted molar refractivity (Wildman–Crippen MR) is 59.4 cm³/mol. The molecule has 3 nitrogen and oxygen atoms in total. The highest BCUT2D eigenvalue weighted by Gasteiger charge is 2.24. The lowest BCUT2D eigenvalue weighted by molar-refractivity contribution is 0.306. The molecule has 80 valence electrons. The fraction of sp³-hybridized carbons (Fsp3) is 0.300. The second kappa shape index (κ2) is 4.12. The molecule has 15 heavy (non-hydrogen) atoms. The van der Waals surface area contributed by atoms with Crippen LogP contribution in [-0.2, 0) is 0 Å². The van der Waals surface area contributed by atoms with Gasteiger partial charge in [0.25, 0.3) is 0 Å². The third-order valence-corrected chi connectivity index (χ3v) is 2.47. The lowest BCUT2D eigenvalue weighted by Gasteiger charge is -2.18. The topological polar surface area (TPSA) is 35.5 Å². The summed E-state index contributed by atoms with van der Waals surface area (Å²) < 4.78 is 13.3. The monoisotopic (exact) mass is 226 g/mol. The van der Waals surface area contributed by atoms with E-state index < -0.39 is 5.82 Å². The van der Waals surface area contributed by atoms with Crippen molar-refractivity contribution in [3.05, 3.63) is 30.1 Å². The summed E-state index contributed by atoms with van der Waals surface area (Å²) in [4.78, 5) is 0. The van der Waals surface area contributed by atoms with E-state index in [2.05, 4.69) is 5.32 Å². The van der Waals surface area contributed by atoms with Crippen LogP contribution in [0.1, 0.15) is 12.8 Å². The van der Waals surface area contributed by atoms with Crippen LogP contribution >= 0.6 is 12.2 Å². The minimum absolute atomic E-state index is 0.0654. The van der Waals surface area contributed by atoms with E-state index in [0.717, 1.165) is 12.8 Å². The van der Waals surface area contributed by atoms with E-state index in [1.807, 2.05) is 0 Å². The van der Waals surface area contributed by atoms with Crippen LogP contribution in [0.15, 0.2) is 24.3 Å². The second-order valence-electron chi connectivity index (χ2n) is 3.49. The smallest absolute Gasteiger partial charge is 0.198 e. The average Bonchev–Trinajstić information content (AvgIpc) is 3.01. The van der Waals surface area contributed by atoms with E-state index >= 15 is 0 Å². The van der Waals surface area contributed by atoms with Crippen LogP contribution in [0.2, 0.25) is 0 Å². The van der Waals surface area contributed by atoms with Gasteiger partial charge in [0, 0.05) is 6.04 Å². The average molecular weight is 226 g/mol. The van der Waals surface area contributed by atoms with Gasteiger partial charge in [0.05, 0.1) is 0 Å². The summed E-state index contributed by atoms with van der Waals surface area (Å²) in [6.45, 7) is 0. The molecule has 0 bridgehead atoms. The largest absolute Gasteiger partial charge is 0.358 e. The molecular weight excluding hydrogens is 215 g/mol. The number of anilines is 1. The molecule has 2 N–H and O–H groups in total. The Balaban J connectivity index is 2.08. The number of nitrogens with zero attached hydrogens (tertiary/aromatic N) is 1. The molecule has 1 aliphatic carbocycles. The Morgan fingerprint density at radius 1 is 1.47 bits per heavy atom. The highest BCUT2D eigenvalue weighted by Crippen LogP contribution is 2.21. The first kappa shape index (κ1) is 10.3. The molecule has 0 unspecified atom stereocenters. The molecular formula is C10H11FN2OS. The predicted octanol–water partition coefficient (Wildman–Crippen LogP) is 2.06. The first-order chi connectivity index (χ1) is 7.18. The third-order valence-electron chi connectivity index (χ3n) is 2.18. The number of nitrogens with one attached hydrogen (secondary N) is 1. The number of para-hydroxylation sites is 1. The third kappa shape index (κ3) is 2.43. The van der Waals surface area contributed by atoms with Gasteiger partial charge in [-0.3, -0.25) is 5.21 Å². The van der Waals surface area contributed by atoms with Gasteiger partial charge in [-0.15, -0.1) is 0 Å². The quantitative estimate of drug-likeness (QED) is 0.597. The first-order valence-electron chi connectivity index (χ1n) is 4.72. The lowest BCUT2D eigenvalue weighted by atomic mass is 10.3. The van der Waals surface area contributed by atoms with E-state index in [0.29, 0.717) is 11.1 Å². The van der Waals surface area contributed by atoms with Crippen molar-refractivity contribution in [1.29, 1.82) is 0 Å². The summed E-state index contributed by atoms with van der Waals surface area (Å²) in [5.41, 5.74) is 0.0654. The highest BCUT2D eigenvalue weighted by molar-refractivity contribution is 7.80. The van der Waals surface area contributed by atoms with Crippen LogP contribution < -0.4 is 10.4 Å². The number of hydroxylamine groups is 1. The van der Waals surface area contributed by atoms with E-state index in [9.17, 15) is 9.60 Å². The minimum atomic E-state index is -0.500. The fourth-order valence-electron chi connectivity index (χ4n) is 1.20. The van der Waals surface area contributed by atoms with Gasteiger partial charge >= 0.3 is 0 Å². The van der Waals surface area contributed by atoms with Crippen LogP contribution in [-0.4, -0.2) is 16.4 Å². The Morgan fingerprint density at radius 2 is 2.13 bits per heavy atom. The van der Waals surface area contributed by atoms with Gasteiger partial charge in [-0.1, -0.05) is 12.1 Å². The Bertz CT molecular complexity index is 381. The highest BCUT2D eigenvalue weighted by atomic mass is 32.1. The van der Waals surface area contributed by atoms with Gasteiger partial charge in [0.2, 0.25) is 0 Å². The van der Waals surface area contributed by atoms with Gasteiger partial charge in [-0.05, 0) is 37.2 Å². The standard InChI is InChI=1S/C10H11FN2OS/c11-8-3-1-2-4-9(8)13(14)10(15)12-7-5-6-7/h1-4,7,14H,5-6H2,(H,12,15). The van der Waals surface area contributed by atoms with Crippen molar-refractivity contribution < 1.29 is 9.60 Å². The van der Waals surface area contributed by atoms with Gasteiger partial charge < -0.3 is 5.32 Å². The Labute approximate surface area is 92.5 Å². The molecule has 0 atom stereocenters. The van der Waals surface area contributed by atoms with E-state index in [-0.39, 0.29) is 10.8 Å². The molecule has 1 fully saturated rings. The number of hydrogen-bond donors (Lipinski definition) is 2. The van der Waals surface area contributed by atoms with Gasteiger partial charge in [0.15, 0.2) is 5.11 Å². The molecule has 1 aromatic rings. The van der Waals surface area contributed by atoms with Crippen molar-refractivity contribution >= 4 is 23.0 Å². The number of benzene rings is 1. The number of hydrogen-bond acceptors (Lipinski definition) is 2. The molecule has 1 aliphatic rings. The van der Waals surface area contributed by atoms with Gasteiger partial charge in [-0.2, -0.15) is 5.06 Å². The maximum absolute atomic E-state index is 13.3. The molecule has 0 spiro atoms. The molecule has 2 rings (SSSR count). The first-order valence-corrected chi connectivity index (χ1v) is 5.13. The zero-order valence-corrected chi connectivity index (χ0v) is 8.80. The second-order valence-corrected chi connectivity index (χ2v) is 3.87. The maximum Gasteiger partial charge on any atom is 0.198 e. The number of halogens is 1. The van der Waals surface area contributed by atoms with Crippen molar-refractivity contribution in [2.24, 2.45) is 0 Å². The molecule has 1 saturated carbocycles. The van der Waals surface area contributed by atoms with Crippen molar-refractivity contribution in [3.8, 4) is 0 Å². The Hall–Kier alpha value is -1.20. The molecule has 0 heterocycles. The van der Waals surface area contributed by atoms with E-state index in [1.165, 1.54) is 12.1 Å². The zero-order chi connectivity index (χ0) is 10.8. The van der Waals surface area contributed by atoms with Crippen molar-refractivity contribution in [3.63, 3.8) is 0 Å². The summed E-state index contributed by atoms with van der Waals surface area (Å²) in [5.74, 6) is -0.500. The molecule has 0 saturated heterocycles. The van der Waals surface area contributed by atoms with Crippen LogP contribution in [0.25, 0.3) is 0 Å².